The molecule has 0 saturated carbocycles. The van der Waals surface area contributed by atoms with Gasteiger partial charge in [0.05, 0.1) is 0 Å². The molecule has 62 valence electrons. The molecular formula is C9H16N2. The molecule has 11 heavy (non-hydrogen) atoms. The highest BCUT2D eigenvalue weighted by Gasteiger charge is 1.92. The van der Waals surface area contributed by atoms with Gasteiger partial charge in [0.25, 0.3) is 0 Å². The number of nitrogens with zero attached hydrogens (tertiary/aromatic N) is 2. The van der Waals surface area contributed by atoms with Crippen molar-refractivity contribution in [2.45, 2.75) is 32.6 Å². The summed E-state index contributed by atoms with van der Waals surface area (Å²) in [6.45, 7) is 9.10. The van der Waals surface area contributed by atoms with E-state index >= 15 is 0 Å². The van der Waals surface area contributed by atoms with Crippen molar-refractivity contribution >= 4 is 12.6 Å². The maximum atomic E-state index is 3.97. The fourth-order valence-corrected chi connectivity index (χ4v) is 0.823. The summed E-state index contributed by atoms with van der Waals surface area (Å²) >= 11 is 0. The topological polar surface area (TPSA) is 24.7 Å². The van der Waals surface area contributed by atoms with Crippen LogP contribution in [0.15, 0.2) is 22.8 Å². The number of rotatable bonds is 5. The number of hydrogen-bond donors (Lipinski definition) is 0. The molecule has 0 atom stereocenters. The third-order valence-corrected chi connectivity index (χ3v) is 1.43. The third-order valence-electron chi connectivity index (χ3n) is 1.43. The molecule has 0 amide bonds. The molecule has 0 N–H and O–H groups in total. The van der Waals surface area contributed by atoms with Crippen molar-refractivity contribution < 1.29 is 0 Å². The van der Waals surface area contributed by atoms with E-state index < -0.39 is 0 Å². The highest BCUT2D eigenvalue weighted by atomic mass is 14.9. The molecule has 0 spiro atoms. The van der Waals surface area contributed by atoms with E-state index in [1.165, 1.54) is 19.0 Å². The SMILES string of the molecule is C=CN=C(CCCCC)N=C. The second-order valence-electron chi connectivity index (χ2n) is 2.34. The van der Waals surface area contributed by atoms with Gasteiger partial charge in [0.2, 0.25) is 0 Å². The fourth-order valence-electron chi connectivity index (χ4n) is 0.823. The summed E-state index contributed by atoms with van der Waals surface area (Å²) in [6.07, 6.45) is 6.02. The summed E-state index contributed by atoms with van der Waals surface area (Å²) < 4.78 is 0. The Balaban J connectivity index is 3.60. The molecule has 0 aromatic rings. The highest BCUT2D eigenvalue weighted by Crippen LogP contribution is 2.01. The minimum atomic E-state index is 0.799. The lowest BCUT2D eigenvalue weighted by atomic mass is 10.2. The van der Waals surface area contributed by atoms with Gasteiger partial charge >= 0.3 is 0 Å². The lowest BCUT2D eigenvalue weighted by Gasteiger charge is -1.96. The first-order chi connectivity index (χ1) is 5.35. The molecule has 0 bridgehead atoms. The Kier molecular flexibility index (Phi) is 6.59. The van der Waals surface area contributed by atoms with Crippen LogP contribution in [0.5, 0.6) is 0 Å². The minimum absolute atomic E-state index is 0.799. The van der Waals surface area contributed by atoms with Crippen LogP contribution >= 0.6 is 0 Å². The van der Waals surface area contributed by atoms with Crippen LogP contribution in [0.1, 0.15) is 32.6 Å². The normalized spacial score (nSPS) is 11.2. The van der Waals surface area contributed by atoms with E-state index in [1.54, 1.807) is 0 Å². The van der Waals surface area contributed by atoms with Crippen LogP contribution in [0.2, 0.25) is 0 Å². The number of aliphatic imine (C=N–C) groups is 2. The van der Waals surface area contributed by atoms with E-state index in [0.717, 1.165) is 18.7 Å². The van der Waals surface area contributed by atoms with Crippen LogP contribution in [-0.4, -0.2) is 12.6 Å². The van der Waals surface area contributed by atoms with Crippen LogP contribution in [-0.2, 0) is 0 Å². The molecule has 0 aromatic heterocycles. The Labute approximate surface area is 68.8 Å². The first kappa shape index (κ1) is 10.1. The van der Waals surface area contributed by atoms with Gasteiger partial charge in [0, 0.05) is 12.6 Å². The zero-order valence-corrected chi connectivity index (χ0v) is 7.21. The standard InChI is InChI=1S/C9H16N2/c1-4-6-7-8-9(10-3)11-5-2/h5H,2-4,6-8H2,1H3. The molecule has 0 unspecified atom stereocenters. The Morgan fingerprint density at radius 1 is 1.45 bits per heavy atom. The Bertz CT molecular complexity index is 148. The van der Waals surface area contributed by atoms with Crippen molar-refractivity contribution in [1.29, 1.82) is 0 Å². The van der Waals surface area contributed by atoms with Crippen LogP contribution in [0, 0.1) is 0 Å². The van der Waals surface area contributed by atoms with Gasteiger partial charge in [-0.15, -0.1) is 0 Å². The molecule has 0 rings (SSSR count). The zero-order valence-electron chi connectivity index (χ0n) is 7.21. The van der Waals surface area contributed by atoms with Crippen molar-refractivity contribution in [3.63, 3.8) is 0 Å². The van der Waals surface area contributed by atoms with Crippen molar-refractivity contribution in [3.05, 3.63) is 12.8 Å². The van der Waals surface area contributed by atoms with Crippen molar-refractivity contribution in [2.24, 2.45) is 9.98 Å². The molecule has 0 radical (unpaired) electrons. The van der Waals surface area contributed by atoms with Crippen LogP contribution in [0.3, 0.4) is 0 Å². The van der Waals surface area contributed by atoms with Crippen molar-refractivity contribution in [1.82, 2.24) is 0 Å². The van der Waals surface area contributed by atoms with Gasteiger partial charge in [0.15, 0.2) is 0 Å². The van der Waals surface area contributed by atoms with E-state index in [-0.39, 0.29) is 0 Å². The van der Waals surface area contributed by atoms with E-state index in [9.17, 15) is 0 Å². The van der Waals surface area contributed by atoms with Gasteiger partial charge in [-0.3, -0.25) is 0 Å². The molecule has 0 aromatic carbocycles. The first-order valence-corrected chi connectivity index (χ1v) is 3.99. The quantitative estimate of drug-likeness (QED) is 0.329. The summed E-state index contributed by atoms with van der Waals surface area (Å²) in [7, 11) is 0. The summed E-state index contributed by atoms with van der Waals surface area (Å²) in [4.78, 5) is 7.74. The van der Waals surface area contributed by atoms with Crippen LogP contribution in [0.4, 0.5) is 0 Å². The first-order valence-electron chi connectivity index (χ1n) is 3.99. The van der Waals surface area contributed by atoms with Crippen molar-refractivity contribution in [2.75, 3.05) is 0 Å². The third kappa shape index (κ3) is 5.52. The maximum Gasteiger partial charge on any atom is 0.127 e. The monoisotopic (exact) mass is 152 g/mol. The van der Waals surface area contributed by atoms with Gasteiger partial charge in [-0.25, -0.2) is 9.98 Å². The van der Waals surface area contributed by atoms with E-state index in [1.807, 2.05) is 0 Å². The summed E-state index contributed by atoms with van der Waals surface area (Å²) in [5, 5.41) is 0. The Hall–Kier alpha value is -0.920. The maximum absolute atomic E-state index is 3.97. The Morgan fingerprint density at radius 2 is 2.18 bits per heavy atom. The molecule has 2 nitrogen and oxygen atoms in total. The molecular weight excluding hydrogens is 136 g/mol. The number of hydrogen-bond acceptors (Lipinski definition) is 1. The van der Waals surface area contributed by atoms with Gasteiger partial charge in [0.1, 0.15) is 5.84 Å². The second-order valence-corrected chi connectivity index (χ2v) is 2.34. The molecule has 0 aliphatic heterocycles. The van der Waals surface area contributed by atoms with E-state index in [0.29, 0.717) is 0 Å². The number of amidine groups is 1. The highest BCUT2D eigenvalue weighted by molar-refractivity contribution is 5.86. The molecule has 0 fully saturated rings. The average Bonchev–Trinajstić information content (AvgIpc) is 2.03. The molecule has 2 heteroatoms. The number of unbranched alkanes of at least 4 members (excludes halogenated alkanes) is 2. The molecule has 0 heterocycles. The molecule has 0 aliphatic carbocycles. The van der Waals surface area contributed by atoms with Crippen LogP contribution in [0.25, 0.3) is 0 Å². The average molecular weight is 152 g/mol. The van der Waals surface area contributed by atoms with Gasteiger partial charge in [-0.1, -0.05) is 26.3 Å². The predicted molar refractivity (Wildman–Crippen MR) is 51.3 cm³/mol. The molecule has 0 saturated heterocycles. The summed E-state index contributed by atoms with van der Waals surface area (Å²) in [6, 6.07) is 0. The predicted octanol–water partition coefficient (Wildman–Crippen LogP) is 2.81. The van der Waals surface area contributed by atoms with Crippen molar-refractivity contribution in [3.8, 4) is 0 Å². The largest absolute Gasteiger partial charge is 0.249 e. The summed E-state index contributed by atoms with van der Waals surface area (Å²) in [5.41, 5.74) is 0. The fraction of sp³-hybridized carbons (Fsp3) is 0.556. The lowest BCUT2D eigenvalue weighted by molar-refractivity contribution is 0.740. The van der Waals surface area contributed by atoms with Gasteiger partial charge in [-0.2, -0.15) is 0 Å². The molecule has 0 aliphatic rings. The lowest BCUT2D eigenvalue weighted by Crippen LogP contribution is -1.91. The zero-order chi connectivity index (χ0) is 8.53. The second kappa shape index (κ2) is 7.19. The smallest absolute Gasteiger partial charge is 0.127 e. The Morgan fingerprint density at radius 3 is 2.64 bits per heavy atom. The van der Waals surface area contributed by atoms with Gasteiger partial charge < -0.3 is 0 Å². The van der Waals surface area contributed by atoms with E-state index in [2.05, 4.69) is 30.2 Å². The minimum Gasteiger partial charge on any atom is -0.249 e. The van der Waals surface area contributed by atoms with E-state index in [4.69, 9.17) is 0 Å². The van der Waals surface area contributed by atoms with Gasteiger partial charge in [-0.05, 0) is 13.1 Å². The summed E-state index contributed by atoms with van der Waals surface area (Å²) in [5.74, 6) is 0.799. The van der Waals surface area contributed by atoms with Crippen LogP contribution < -0.4 is 0 Å².